The van der Waals surface area contributed by atoms with Crippen molar-refractivity contribution < 1.29 is 0 Å². The lowest BCUT2D eigenvalue weighted by Crippen LogP contribution is -2.12. The number of benzene rings is 1. The highest BCUT2D eigenvalue weighted by Gasteiger charge is 2.13. The molecule has 1 aliphatic heterocycles. The van der Waals surface area contributed by atoms with Crippen LogP contribution in [0.4, 0.5) is 0 Å². The summed E-state index contributed by atoms with van der Waals surface area (Å²) >= 11 is 0. The Balaban J connectivity index is 0. The molecule has 1 heterocycles. The van der Waals surface area contributed by atoms with Crippen LogP contribution in [0.15, 0.2) is 36.4 Å². The van der Waals surface area contributed by atoms with E-state index in [0.717, 1.165) is 5.92 Å². The van der Waals surface area contributed by atoms with Crippen molar-refractivity contribution >= 4 is 0 Å². The van der Waals surface area contributed by atoms with Crippen molar-refractivity contribution in [3.8, 4) is 0 Å². The molecule has 1 nitrogen and oxygen atoms in total. The number of hydrogen-bond donors (Lipinski definition) is 0. The van der Waals surface area contributed by atoms with E-state index in [1.165, 1.54) is 19.5 Å². The van der Waals surface area contributed by atoms with Crippen LogP contribution in [0, 0.1) is 5.92 Å². The summed E-state index contributed by atoms with van der Waals surface area (Å²) in [5.74, 6) is 0.949. The van der Waals surface area contributed by atoms with Crippen molar-refractivity contribution in [3.05, 3.63) is 36.4 Å². The van der Waals surface area contributed by atoms with E-state index >= 15 is 0 Å². The molecule has 1 aromatic rings. The third kappa shape index (κ3) is 9.72. The standard InChI is InChI=1S/C6H13N.C6H6.C2H6.CH4/c1-6-3-4-7(2)5-6;1-2-4-6-5-3-1;1-2;/h6H,3-5H2,1-2H3;1-6H;1-2H3;1H4. The Labute approximate surface area is 102 Å². The molecule has 0 amide bonds. The zero-order chi connectivity index (χ0) is 11.5. The van der Waals surface area contributed by atoms with E-state index in [2.05, 4.69) is 18.9 Å². The van der Waals surface area contributed by atoms with Gasteiger partial charge in [0.25, 0.3) is 0 Å². The smallest absolute Gasteiger partial charge is 0.000445 e. The lowest BCUT2D eigenvalue weighted by atomic mass is 10.2. The summed E-state index contributed by atoms with van der Waals surface area (Å²) in [6, 6.07) is 12.0. The molecule has 1 heteroatoms. The van der Waals surface area contributed by atoms with E-state index in [1.54, 1.807) is 0 Å². The minimum atomic E-state index is 0. The van der Waals surface area contributed by atoms with Gasteiger partial charge in [0.2, 0.25) is 0 Å². The van der Waals surface area contributed by atoms with Crippen molar-refractivity contribution in [3.63, 3.8) is 0 Å². The van der Waals surface area contributed by atoms with E-state index in [4.69, 9.17) is 0 Å². The molecule has 1 aromatic carbocycles. The molecular weight excluding hydrogens is 194 g/mol. The molecule has 0 saturated carbocycles. The molecule has 94 valence electrons. The van der Waals surface area contributed by atoms with Gasteiger partial charge in [0, 0.05) is 6.54 Å². The Morgan fingerprint density at radius 1 is 0.938 bits per heavy atom. The zero-order valence-electron chi connectivity index (χ0n) is 10.6. The Hall–Kier alpha value is -0.820. The molecule has 0 bridgehead atoms. The summed E-state index contributed by atoms with van der Waals surface area (Å²) in [5.41, 5.74) is 0. The van der Waals surface area contributed by atoms with E-state index in [1.807, 2.05) is 50.2 Å². The van der Waals surface area contributed by atoms with Gasteiger partial charge < -0.3 is 4.90 Å². The predicted octanol–water partition coefficient (Wildman–Crippen LogP) is 4.31. The maximum atomic E-state index is 2.38. The van der Waals surface area contributed by atoms with Crippen LogP contribution in [0.3, 0.4) is 0 Å². The monoisotopic (exact) mass is 223 g/mol. The van der Waals surface area contributed by atoms with Gasteiger partial charge in [-0.15, -0.1) is 0 Å². The van der Waals surface area contributed by atoms with Gasteiger partial charge in [-0.1, -0.05) is 64.6 Å². The van der Waals surface area contributed by atoms with E-state index in [-0.39, 0.29) is 7.43 Å². The van der Waals surface area contributed by atoms with E-state index in [0.29, 0.717) is 0 Å². The molecule has 0 radical (unpaired) electrons. The summed E-state index contributed by atoms with van der Waals surface area (Å²) in [6.45, 7) is 8.92. The molecule has 1 fully saturated rings. The minimum absolute atomic E-state index is 0. The van der Waals surface area contributed by atoms with Crippen molar-refractivity contribution in [2.45, 2.75) is 34.6 Å². The van der Waals surface area contributed by atoms with E-state index in [9.17, 15) is 0 Å². The lowest BCUT2D eigenvalue weighted by molar-refractivity contribution is 0.402. The van der Waals surface area contributed by atoms with Crippen LogP contribution in [0.25, 0.3) is 0 Å². The zero-order valence-corrected chi connectivity index (χ0v) is 10.6. The Morgan fingerprint density at radius 3 is 1.44 bits per heavy atom. The molecule has 1 saturated heterocycles. The first-order valence-corrected chi connectivity index (χ1v) is 5.97. The third-order valence-electron chi connectivity index (χ3n) is 2.29. The van der Waals surface area contributed by atoms with Gasteiger partial charge >= 0.3 is 0 Å². The maximum absolute atomic E-state index is 2.38. The number of nitrogens with zero attached hydrogens (tertiary/aromatic N) is 1. The van der Waals surface area contributed by atoms with Crippen LogP contribution in [-0.4, -0.2) is 25.0 Å². The van der Waals surface area contributed by atoms with Gasteiger partial charge in [0.1, 0.15) is 0 Å². The first-order valence-electron chi connectivity index (χ1n) is 5.97. The molecule has 0 aliphatic carbocycles. The molecule has 2 rings (SSSR count). The van der Waals surface area contributed by atoms with Crippen LogP contribution in [0.5, 0.6) is 0 Å². The second-order valence-electron chi connectivity index (χ2n) is 3.81. The average Bonchev–Trinajstić information content (AvgIpc) is 2.69. The third-order valence-corrected chi connectivity index (χ3v) is 2.29. The highest BCUT2D eigenvalue weighted by atomic mass is 15.1. The molecule has 1 aliphatic rings. The fraction of sp³-hybridized carbons (Fsp3) is 0.600. The van der Waals surface area contributed by atoms with Gasteiger partial charge in [-0.05, 0) is 25.9 Å². The fourth-order valence-corrected chi connectivity index (χ4v) is 1.54. The van der Waals surface area contributed by atoms with Crippen molar-refractivity contribution in [1.29, 1.82) is 0 Å². The summed E-state index contributed by atoms with van der Waals surface area (Å²) in [7, 11) is 2.18. The summed E-state index contributed by atoms with van der Waals surface area (Å²) in [6.07, 6.45) is 1.40. The van der Waals surface area contributed by atoms with Crippen molar-refractivity contribution in [2.24, 2.45) is 5.92 Å². The summed E-state index contributed by atoms with van der Waals surface area (Å²) in [5, 5.41) is 0. The maximum Gasteiger partial charge on any atom is 0.000445 e. The molecule has 1 atom stereocenters. The second-order valence-corrected chi connectivity index (χ2v) is 3.81. The number of likely N-dealkylation sites (tertiary alicyclic amines) is 1. The topological polar surface area (TPSA) is 3.24 Å². The highest BCUT2D eigenvalue weighted by molar-refractivity contribution is 4.99. The van der Waals surface area contributed by atoms with Crippen LogP contribution in [0.1, 0.15) is 34.6 Å². The summed E-state index contributed by atoms with van der Waals surface area (Å²) in [4.78, 5) is 2.38. The average molecular weight is 223 g/mol. The Kier molecular flexibility index (Phi) is 13.5. The molecule has 0 N–H and O–H groups in total. The number of rotatable bonds is 0. The fourth-order valence-electron chi connectivity index (χ4n) is 1.54. The van der Waals surface area contributed by atoms with Gasteiger partial charge in [-0.25, -0.2) is 0 Å². The summed E-state index contributed by atoms with van der Waals surface area (Å²) < 4.78 is 0. The van der Waals surface area contributed by atoms with Crippen molar-refractivity contribution in [1.82, 2.24) is 4.90 Å². The van der Waals surface area contributed by atoms with Crippen LogP contribution < -0.4 is 0 Å². The van der Waals surface area contributed by atoms with Crippen LogP contribution in [0.2, 0.25) is 0 Å². The van der Waals surface area contributed by atoms with Crippen LogP contribution in [-0.2, 0) is 0 Å². The largest absolute Gasteiger partial charge is 0.306 e. The molecule has 0 spiro atoms. The van der Waals surface area contributed by atoms with Gasteiger partial charge in [-0.3, -0.25) is 0 Å². The van der Waals surface area contributed by atoms with Crippen LogP contribution >= 0.6 is 0 Å². The lowest BCUT2D eigenvalue weighted by Gasteiger charge is -2.03. The van der Waals surface area contributed by atoms with E-state index < -0.39 is 0 Å². The second kappa shape index (κ2) is 12.3. The van der Waals surface area contributed by atoms with Crippen molar-refractivity contribution in [2.75, 3.05) is 20.1 Å². The number of hydrogen-bond acceptors (Lipinski definition) is 1. The predicted molar refractivity (Wildman–Crippen MR) is 75.8 cm³/mol. The SMILES string of the molecule is C.CC.CC1CCN(C)C1.c1ccccc1. The Morgan fingerprint density at radius 2 is 1.31 bits per heavy atom. The highest BCUT2D eigenvalue weighted by Crippen LogP contribution is 2.11. The molecular formula is C15H29N. The minimum Gasteiger partial charge on any atom is -0.306 e. The molecule has 1 unspecified atom stereocenters. The quantitative estimate of drug-likeness (QED) is 0.633. The Bertz CT molecular complexity index is 173. The molecule has 16 heavy (non-hydrogen) atoms. The first kappa shape index (κ1) is 17.6. The van der Waals surface area contributed by atoms with Gasteiger partial charge in [0.05, 0.1) is 0 Å². The normalized spacial score (nSPS) is 18.4. The molecule has 0 aromatic heterocycles. The first-order chi connectivity index (χ1) is 7.29. The van der Waals surface area contributed by atoms with Gasteiger partial charge in [-0.2, -0.15) is 0 Å². The van der Waals surface area contributed by atoms with Gasteiger partial charge in [0.15, 0.2) is 0 Å².